The number of halogens is 2. The summed E-state index contributed by atoms with van der Waals surface area (Å²) in [7, 11) is 0. The van der Waals surface area contributed by atoms with E-state index < -0.39 is 12.5 Å². The third-order valence-corrected chi connectivity index (χ3v) is 3.00. The molecule has 1 aliphatic carbocycles. The molecule has 1 saturated carbocycles. The Kier molecular flexibility index (Phi) is 5.66. The zero-order valence-electron chi connectivity index (χ0n) is 9.29. The van der Waals surface area contributed by atoms with E-state index in [-0.39, 0.29) is 18.4 Å². The molecule has 0 saturated heterocycles. The van der Waals surface area contributed by atoms with Crippen LogP contribution in [0.3, 0.4) is 0 Å². The minimum absolute atomic E-state index is 0.0626. The fourth-order valence-corrected chi connectivity index (χ4v) is 1.98. The second kappa shape index (κ2) is 6.78. The number of carbonyl (C=O) groups excluding carboxylic acids is 1. The number of aliphatic hydroxyl groups is 1. The second-order valence-corrected chi connectivity index (χ2v) is 4.34. The molecule has 0 aromatic heterocycles. The molecule has 0 radical (unpaired) electrons. The summed E-state index contributed by atoms with van der Waals surface area (Å²) in [5.41, 5.74) is 0. The number of carbonyl (C=O) groups is 1. The lowest BCUT2D eigenvalue weighted by Gasteiger charge is -2.16. The molecule has 0 aliphatic heterocycles. The first kappa shape index (κ1) is 13.4. The summed E-state index contributed by atoms with van der Waals surface area (Å²) in [6.07, 6.45) is 1.44. The third-order valence-electron chi connectivity index (χ3n) is 3.00. The van der Waals surface area contributed by atoms with E-state index in [0.29, 0.717) is 0 Å². The molecule has 1 unspecified atom stereocenters. The van der Waals surface area contributed by atoms with Crippen molar-refractivity contribution < 1.29 is 18.7 Å². The van der Waals surface area contributed by atoms with Gasteiger partial charge in [-0.15, -0.1) is 0 Å². The Morgan fingerprint density at radius 3 is 2.31 bits per heavy atom. The normalized spacial score (nSPS) is 20.5. The van der Waals surface area contributed by atoms with Gasteiger partial charge >= 0.3 is 0 Å². The van der Waals surface area contributed by atoms with Gasteiger partial charge in [0.05, 0.1) is 0 Å². The Balaban J connectivity index is 2.27. The highest BCUT2D eigenvalue weighted by atomic mass is 19.3. The number of nitrogens with one attached hydrogen (secondary N) is 1. The summed E-state index contributed by atoms with van der Waals surface area (Å²) >= 11 is 0. The molecule has 0 heterocycles. The summed E-state index contributed by atoms with van der Waals surface area (Å²) in [5.74, 6) is -0.256. The maximum atomic E-state index is 12.0. The van der Waals surface area contributed by atoms with Crippen molar-refractivity contribution in [2.75, 3.05) is 6.54 Å². The van der Waals surface area contributed by atoms with Gasteiger partial charge in [0.15, 0.2) is 0 Å². The Morgan fingerprint density at radius 2 is 1.81 bits per heavy atom. The van der Waals surface area contributed by atoms with Gasteiger partial charge in [0, 0.05) is 12.5 Å². The van der Waals surface area contributed by atoms with Crippen LogP contribution in [0.15, 0.2) is 0 Å². The van der Waals surface area contributed by atoms with Crippen molar-refractivity contribution in [3.8, 4) is 0 Å². The van der Waals surface area contributed by atoms with Crippen molar-refractivity contribution in [3.05, 3.63) is 0 Å². The van der Waals surface area contributed by atoms with Crippen molar-refractivity contribution in [3.63, 3.8) is 0 Å². The summed E-state index contributed by atoms with van der Waals surface area (Å²) in [4.78, 5) is 11.6. The van der Waals surface area contributed by atoms with Crippen molar-refractivity contribution in [1.29, 1.82) is 0 Å². The van der Waals surface area contributed by atoms with Crippen LogP contribution in [0.25, 0.3) is 0 Å². The van der Waals surface area contributed by atoms with Gasteiger partial charge in [-0.05, 0) is 12.8 Å². The van der Waals surface area contributed by atoms with Gasteiger partial charge in [-0.2, -0.15) is 0 Å². The Hall–Kier alpha value is -0.710. The molecule has 1 fully saturated rings. The molecular formula is C11H19F2NO2. The molecule has 1 amide bonds. The summed E-state index contributed by atoms with van der Waals surface area (Å²) in [5, 5.41) is 11.3. The molecular weight excluding hydrogens is 216 g/mol. The Bertz CT molecular complexity index is 216. The number of rotatable bonds is 4. The van der Waals surface area contributed by atoms with Gasteiger partial charge in [-0.1, -0.05) is 25.7 Å². The molecule has 0 spiro atoms. The highest BCUT2D eigenvalue weighted by Gasteiger charge is 2.22. The molecule has 5 heteroatoms. The fraction of sp³-hybridized carbons (Fsp3) is 0.909. The van der Waals surface area contributed by atoms with E-state index in [2.05, 4.69) is 5.32 Å². The zero-order chi connectivity index (χ0) is 12.0. The van der Waals surface area contributed by atoms with E-state index in [1.807, 2.05) is 0 Å². The summed E-state index contributed by atoms with van der Waals surface area (Å²) < 4.78 is 24.0. The van der Waals surface area contributed by atoms with Crippen LogP contribution in [0.2, 0.25) is 0 Å². The minimum Gasteiger partial charge on any atom is -0.385 e. The first-order valence-electron chi connectivity index (χ1n) is 5.85. The van der Waals surface area contributed by atoms with Crippen LogP contribution in [-0.2, 0) is 4.79 Å². The van der Waals surface area contributed by atoms with Crippen LogP contribution >= 0.6 is 0 Å². The summed E-state index contributed by atoms with van der Waals surface area (Å²) in [6.45, 7) is -0.354. The topological polar surface area (TPSA) is 49.3 Å². The smallest absolute Gasteiger partial charge is 0.265 e. The first-order valence-corrected chi connectivity index (χ1v) is 5.85. The van der Waals surface area contributed by atoms with Gasteiger partial charge in [0.25, 0.3) is 6.43 Å². The molecule has 94 valence electrons. The van der Waals surface area contributed by atoms with E-state index in [1.54, 1.807) is 0 Å². The molecule has 1 rings (SSSR count). The quantitative estimate of drug-likeness (QED) is 0.729. The van der Waals surface area contributed by atoms with E-state index >= 15 is 0 Å². The van der Waals surface area contributed by atoms with Crippen LogP contribution < -0.4 is 5.32 Å². The van der Waals surface area contributed by atoms with Crippen LogP contribution in [0.1, 0.15) is 38.5 Å². The van der Waals surface area contributed by atoms with Crippen molar-refractivity contribution in [2.45, 2.75) is 51.1 Å². The molecule has 0 bridgehead atoms. The number of hydrogen-bond donors (Lipinski definition) is 2. The van der Waals surface area contributed by atoms with E-state index in [4.69, 9.17) is 5.11 Å². The van der Waals surface area contributed by atoms with Gasteiger partial charge in [0.1, 0.15) is 6.10 Å². The molecule has 0 aromatic carbocycles. The lowest BCUT2D eigenvalue weighted by atomic mass is 9.99. The average Bonchev–Trinajstić information content (AvgIpc) is 2.53. The third kappa shape index (κ3) is 4.43. The zero-order valence-corrected chi connectivity index (χ0v) is 9.29. The van der Waals surface area contributed by atoms with E-state index in [9.17, 15) is 13.6 Å². The maximum absolute atomic E-state index is 12.0. The van der Waals surface area contributed by atoms with Gasteiger partial charge in [-0.3, -0.25) is 4.79 Å². The van der Waals surface area contributed by atoms with Crippen molar-refractivity contribution >= 4 is 5.91 Å². The fourth-order valence-electron chi connectivity index (χ4n) is 1.98. The van der Waals surface area contributed by atoms with E-state index in [0.717, 1.165) is 38.5 Å². The highest BCUT2D eigenvalue weighted by Crippen LogP contribution is 2.22. The molecule has 1 atom stereocenters. The first-order chi connectivity index (χ1) is 7.61. The number of aliphatic hydroxyl groups excluding tert-OH is 1. The van der Waals surface area contributed by atoms with Crippen LogP contribution in [-0.4, -0.2) is 30.1 Å². The lowest BCUT2D eigenvalue weighted by Crippen LogP contribution is -2.38. The average molecular weight is 235 g/mol. The van der Waals surface area contributed by atoms with Gasteiger partial charge in [0.2, 0.25) is 5.91 Å². The molecule has 16 heavy (non-hydrogen) atoms. The number of amides is 1. The predicted octanol–water partition coefficient (Wildman–Crippen LogP) is 1.70. The standard InChI is InChI=1S/C11H19F2NO2/c12-10(13)9(15)7-14-11(16)8-5-3-1-2-4-6-8/h8-10,15H,1-7H2,(H,14,16). The minimum atomic E-state index is -2.80. The monoisotopic (exact) mass is 235 g/mol. The number of alkyl halides is 2. The largest absolute Gasteiger partial charge is 0.385 e. The number of hydrogen-bond acceptors (Lipinski definition) is 2. The van der Waals surface area contributed by atoms with Crippen molar-refractivity contribution in [1.82, 2.24) is 5.32 Å². The summed E-state index contributed by atoms with van der Waals surface area (Å²) in [6, 6.07) is 0. The van der Waals surface area contributed by atoms with Gasteiger partial charge in [-0.25, -0.2) is 8.78 Å². The Morgan fingerprint density at radius 1 is 1.25 bits per heavy atom. The molecule has 2 N–H and O–H groups in total. The predicted molar refractivity (Wildman–Crippen MR) is 56.2 cm³/mol. The molecule has 3 nitrogen and oxygen atoms in total. The van der Waals surface area contributed by atoms with Crippen LogP contribution in [0.4, 0.5) is 8.78 Å². The highest BCUT2D eigenvalue weighted by molar-refractivity contribution is 5.78. The molecule has 1 aliphatic rings. The Labute approximate surface area is 94.2 Å². The van der Waals surface area contributed by atoms with E-state index in [1.165, 1.54) is 0 Å². The second-order valence-electron chi connectivity index (χ2n) is 4.34. The van der Waals surface area contributed by atoms with Crippen LogP contribution in [0.5, 0.6) is 0 Å². The van der Waals surface area contributed by atoms with Crippen molar-refractivity contribution in [2.24, 2.45) is 5.92 Å². The maximum Gasteiger partial charge on any atom is 0.265 e. The SMILES string of the molecule is O=C(NCC(O)C(F)F)C1CCCCCC1. The van der Waals surface area contributed by atoms with Gasteiger partial charge < -0.3 is 10.4 Å². The lowest BCUT2D eigenvalue weighted by molar-refractivity contribution is -0.126. The molecule has 0 aromatic rings. The van der Waals surface area contributed by atoms with Crippen LogP contribution in [0, 0.1) is 5.92 Å².